The first-order valence-corrected chi connectivity index (χ1v) is 5.31. The van der Waals surface area contributed by atoms with Crippen LogP contribution in [0.25, 0.3) is 0 Å². The van der Waals surface area contributed by atoms with Gasteiger partial charge in [-0.15, -0.1) is 0 Å². The first-order valence-electron chi connectivity index (χ1n) is 2.34. The molecule has 13 heavy (non-hydrogen) atoms. The molecule has 0 amide bonds. The maximum Gasteiger partial charge on any atom is 1.00 e. The van der Waals surface area contributed by atoms with Crippen molar-refractivity contribution >= 4 is 20.2 Å². The number of aliphatic hydroxyl groups is 2. The van der Waals surface area contributed by atoms with Gasteiger partial charge in [0, 0.05) is 0 Å². The molecule has 0 aliphatic heterocycles. The van der Waals surface area contributed by atoms with E-state index in [-0.39, 0.29) is 29.6 Å². The molecular formula is C2H5NaO8S2. The topological polar surface area (TPSA) is 152 Å². The van der Waals surface area contributed by atoms with Crippen LogP contribution in [0.3, 0.4) is 0 Å². The van der Waals surface area contributed by atoms with Crippen molar-refractivity contribution in [1.82, 2.24) is 0 Å². The maximum absolute atomic E-state index is 10.1. The van der Waals surface area contributed by atoms with Crippen LogP contribution in [0.2, 0.25) is 0 Å². The molecule has 0 aliphatic carbocycles. The SMILES string of the molecule is O=S(=O)([O-])C(C(O)O)S(=O)(=O)O.[Na+]. The van der Waals surface area contributed by atoms with Crippen LogP contribution in [-0.2, 0) is 20.2 Å². The number of aliphatic hydroxyl groups excluding tert-OH is 1. The van der Waals surface area contributed by atoms with Crippen LogP contribution in [0.5, 0.6) is 0 Å². The van der Waals surface area contributed by atoms with Gasteiger partial charge in [0.25, 0.3) is 10.1 Å². The summed E-state index contributed by atoms with van der Waals surface area (Å²) in [5.41, 5.74) is 0. The van der Waals surface area contributed by atoms with Crippen LogP contribution < -0.4 is 29.6 Å². The number of hydrogen-bond donors (Lipinski definition) is 3. The molecule has 0 rings (SSSR count). The molecule has 0 fully saturated rings. The van der Waals surface area contributed by atoms with Crippen LogP contribution >= 0.6 is 0 Å². The minimum atomic E-state index is -5.51. The summed E-state index contributed by atoms with van der Waals surface area (Å²) >= 11 is 0. The largest absolute Gasteiger partial charge is 1.00 e. The normalized spacial score (nSPS) is 15.2. The number of rotatable bonds is 3. The Bertz CT molecular complexity index is 306. The second-order valence-electron chi connectivity index (χ2n) is 1.79. The summed E-state index contributed by atoms with van der Waals surface area (Å²) in [6.07, 6.45) is -2.97. The minimum absolute atomic E-state index is 0. The monoisotopic (exact) mass is 244 g/mol. The Morgan fingerprint density at radius 1 is 1.08 bits per heavy atom. The van der Waals surface area contributed by atoms with Gasteiger partial charge in [-0.1, -0.05) is 0 Å². The number of hydrogen-bond acceptors (Lipinski definition) is 7. The van der Waals surface area contributed by atoms with Gasteiger partial charge in [-0.2, -0.15) is 8.42 Å². The predicted molar refractivity (Wildman–Crippen MR) is 33.3 cm³/mol. The molecule has 0 aliphatic rings. The zero-order valence-electron chi connectivity index (χ0n) is 6.35. The summed E-state index contributed by atoms with van der Waals surface area (Å²) in [6.45, 7) is 0. The fraction of sp³-hybridized carbons (Fsp3) is 1.00. The fourth-order valence-corrected chi connectivity index (χ4v) is 2.25. The maximum atomic E-state index is 10.1. The van der Waals surface area contributed by atoms with Crippen LogP contribution in [0, 0.1) is 0 Å². The van der Waals surface area contributed by atoms with E-state index in [9.17, 15) is 21.4 Å². The molecule has 0 radical (unpaired) electrons. The van der Waals surface area contributed by atoms with Gasteiger partial charge in [-0.3, -0.25) is 4.55 Å². The first kappa shape index (κ1) is 16.2. The average molecular weight is 244 g/mol. The van der Waals surface area contributed by atoms with Gasteiger partial charge < -0.3 is 14.8 Å². The van der Waals surface area contributed by atoms with Crippen LogP contribution in [0.15, 0.2) is 0 Å². The molecule has 74 valence electrons. The Morgan fingerprint density at radius 3 is 1.38 bits per heavy atom. The van der Waals surface area contributed by atoms with E-state index >= 15 is 0 Å². The third-order valence-corrected chi connectivity index (χ3v) is 3.90. The van der Waals surface area contributed by atoms with E-state index < -0.39 is 31.1 Å². The van der Waals surface area contributed by atoms with Gasteiger partial charge in [-0.25, -0.2) is 8.42 Å². The van der Waals surface area contributed by atoms with Crippen molar-refractivity contribution in [2.24, 2.45) is 0 Å². The summed E-state index contributed by atoms with van der Waals surface area (Å²) in [5.74, 6) is 0. The van der Waals surface area contributed by atoms with E-state index in [0.717, 1.165) is 0 Å². The van der Waals surface area contributed by atoms with Crippen molar-refractivity contribution in [3.05, 3.63) is 0 Å². The molecule has 8 nitrogen and oxygen atoms in total. The standard InChI is InChI=1S/C2H6O8S2.Na/c3-1(4)2(11(5,6)7)12(8,9)10;/h1-4H,(H,5,6,7)(H,8,9,10);/q;+1/p-1. The van der Waals surface area contributed by atoms with E-state index in [2.05, 4.69) is 0 Å². The van der Waals surface area contributed by atoms with Crippen LogP contribution in [0.4, 0.5) is 0 Å². The Kier molecular flexibility index (Phi) is 6.22. The van der Waals surface area contributed by atoms with Gasteiger partial charge in [0.05, 0.1) is 0 Å². The molecule has 0 aromatic heterocycles. The third-order valence-electron chi connectivity index (χ3n) is 0.822. The van der Waals surface area contributed by atoms with Crippen molar-refractivity contribution in [2.45, 2.75) is 10.9 Å². The van der Waals surface area contributed by atoms with E-state index in [0.29, 0.717) is 0 Å². The van der Waals surface area contributed by atoms with Gasteiger partial charge in [0.2, 0.25) is 4.58 Å². The molecule has 3 N–H and O–H groups in total. The van der Waals surface area contributed by atoms with Gasteiger partial charge >= 0.3 is 29.6 Å². The summed E-state index contributed by atoms with van der Waals surface area (Å²) in [7, 11) is -10.8. The Hall–Kier alpha value is 0.740. The molecule has 0 aromatic carbocycles. The predicted octanol–water partition coefficient (Wildman–Crippen LogP) is -5.94. The summed E-state index contributed by atoms with van der Waals surface area (Å²) in [6, 6.07) is 0. The second kappa shape index (κ2) is 5.00. The zero-order chi connectivity index (χ0) is 10.2. The van der Waals surface area contributed by atoms with Crippen molar-refractivity contribution in [3.63, 3.8) is 0 Å². The molecule has 0 spiro atoms. The third kappa shape index (κ3) is 5.24. The molecular weight excluding hydrogens is 239 g/mol. The van der Waals surface area contributed by atoms with Crippen molar-refractivity contribution < 1.29 is 65.7 Å². The van der Waals surface area contributed by atoms with Gasteiger partial charge in [-0.05, 0) is 0 Å². The molecule has 0 saturated heterocycles. The summed E-state index contributed by atoms with van der Waals surface area (Å²) in [5, 5.41) is 16.2. The zero-order valence-corrected chi connectivity index (χ0v) is 9.99. The molecule has 0 aromatic rings. The van der Waals surface area contributed by atoms with Gasteiger partial charge in [0.1, 0.15) is 10.1 Å². The minimum Gasteiger partial charge on any atom is -0.747 e. The molecule has 0 bridgehead atoms. The fourth-order valence-electron chi connectivity index (χ4n) is 0.452. The van der Waals surface area contributed by atoms with Gasteiger partial charge in [0.15, 0.2) is 6.29 Å². The second-order valence-corrected chi connectivity index (χ2v) is 5.12. The van der Waals surface area contributed by atoms with E-state index in [1.807, 2.05) is 0 Å². The van der Waals surface area contributed by atoms with Crippen LogP contribution in [-0.4, -0.2) is 47.0 Å². The smallest absolute Gasteiger partial charge is 0.747 e. The molecule has 1 atom stereocenters. The quantitative estimate of drug-likeness (QED) is 0.252. The molecule has 1 unspecified atom stereocenters. The molecule has 0 heterocycles. The summed E-state index contributed by atoms with van der Waals surface area (Å²) in [4.78, 5) is 0. The Morgan fingerprint density at radius 2 is 1.38 bits per heavy atom. The first-order chi connectivity index (χ1) is 5.07. The van der Waals surface area contributed by atoms with E-state index in [4.69, 9.17) is 14.8 Å². The average Bonchev–Trinajstić information content (AvgIpc) is 1.49. The summed E-state index contributed by atoms with van der Waals surface area (Å²) < 4.78 is 55.1. The van der Waals surface area contributed by atoms with Crippen LogP contribution in [0.1, 0.15) is 0 Å². The van der Waals surface area contributed by atoms with Crippen molar-refractivity contribution in [2.75, 3.05) is 0 Å². The molecule has 0 saturated carbocycles. The van der Waals surface area contributed by atoms with E-state index in [1.54, 1.807) is 0 Å². The van der Waals surface area contributed by atoms with E-state index in [1.165, 1.54) is 0 Å². The van der Waals surface area contributed by atoms with Crippen molar-refractivity contribution in [1.29, 1.82) is 0 Å². The van der Waals surface area contributed by atoms with Crippen molar-refractivity contribution in [3.8, 4) is 0 Å². The molecule has 11 heteroatoms. The Balaban J connectivity index is 0. The Labute approximate surface area is 96.4 Å².